The second-order valence-corrected chi connectivity index (χ2v) is 13.7. The molecule has 0 saturated carbocycles. The molecule has 1 heterocycles. The summed E-state index contributed by atoms with van der Waals surface area (Å²) in [6, 6.07) is 7.59. The van der Waals surface area contributed by atoms with Crippen LogP contribution in [-0.4, -0.2) is 52.8 Å². The van der Waals surface area contributed by atoms with Crippen LogP contribution in [-0.2, 0) is 44.6 Å². The maximum atomic E-state index is 14.6. The largest absolute Gasteiger partial charge is 0.418 e. The highest BCUT2D eigenvalue weighted by Gasteiger charge is 2.47. The van der Waals surface area contributed by atoms with Gasteiger partial charge in [0.1, 0.15) is 23.4 Å². The highest BCUT2D eigenvalue weighted by molar-refractivity contribution is 5.98. The number of aryl methyl sites for hydroxylation is 1. The molecule has 3 aromatic rings. The van der Waals surface area contributed by atoms with E-state index in [0.717, 1.165) is 18.9 Å². The number of para-hydroxylation sites is 1. The van der Waals surface area contributed by atoms with Crippen molar-refractivity contribution in [2.24, 2.45) is 11.8 Å². The van der Waals surface area contributed by atoms with E-state index in [1.165, 1.54) is 24.3 Å². The van der Waals surface area contributed by atoms with Gasteiger partial charge >= 0.3 is 6.18 Å². The molecular formula is C38H49F4N5O4. The van der Waals surface area contributed by atoms with Crippen LogP contribution in [0, 0.1) is 17.7 Å². The summed E-state index contributed by atoms with van der Waals surface area (Å²) in [5.74, 6) is -3.55. The predicted octanol–water partition coefficient (Wildman–Crippen LogP) is 5.89. The summed E-state index contributed by atoms with van der Waals surface area (Å²) in [7, 11) is 0. The van der Waals surface area contributed by atoms with Crippen LogP contribution in [0.5, 0.6) is 0 Å². The van der Waals surface area contributed by atoms with Gasteiger partial charge in [0.05, 0.1) is 17.5 Å². The Kier molecular flexibility index (Phi) is 12.9. The average molecular weight is 716 g/mol. The van der Waals surface area contributed by atoms with Crippen LogP contribution < -0.4 is 21.3 Å². The quantitative estimate of drug-likeness (QED) is 0.0992. The summed E-state index contributed by atoms with van der Waals surface area (Å²) in [6.07, 6.45) is -2.35. The highest BCUT2D eigenvalue weighted by Crippen LogP contribution is 2.40. The smallest absolute Gasteiger partial charge is 0.358 e. The number of hydrogen-bond acceptors (Lipinski definition) is 4. The number of fused-ring (bicyclic) bond motifs is 3. The van der Waals surface area contributed by atoms with Gasteiger partial charge in [-0.15, -0.1) is 0 Å². The molecule has 51 heavy (non-hydrogen) atoms. The Hall–Kier alpha value is -4.42. The number of alkyl halides is 3. The second kappa shape index (κ2) is 16.7. The summed E-state index contributed by atoms with van der Waals surface area (Å²) in [4.78, 5) is 58.2. The fourth-order valence-corrected chi connectivity index (χ4v) is 6.60. The molecule has 0 bridgehead atoms. The topological polar surface area (TPSA) is 132 Å². The van der Waals surface area contributed by atoms with E-state index in [0.29, 0.717) is 30.6 Å². The number of H-pyrrole nitrogens is 1. The van der Waals surface area contributed by atoms with Crippen molar-refractivity contribution in [1.29, 1.82) is 0 Å². The Morgan fingerprint density at radius 2 is 1.57 bits per heavy atom. The Labute approximate surface area is 296 Å². The zero-order valence-electron chi connectivity index (χ0n) is 29.9. The molecule has 5 atom stereocenters. The fraction of sp³-hybridized carbons (Fsp3) is 0.526. The Morgan fingerprint density at radius 3 is 2.20 bits per heavy atom. The van der Waals surface area contributed by atoms with E-state index < -0.39 is 58.8 Å². The molecule has 278 valence electrons. The number of aromatic nitrogens is 1. The first-order valence-electron chi connectivity index (χ1n) is 17.8. The van der Waals surface area contributed by atoms with E-state index in [1.54, 1.807) is 19.1 Å². The monoisotopic (exact) mass is 715 g/mol. The molecule has 4 rings (SSSR count). The third-order valence-corrected chi connectivity index (χ3v) is 10.1. The summed E-state index contributed by atoms with van der Waals surface area (Å²) in [5, 5.41) is 11.7. The predicted molar refractivity (Wildman–Crippen MR) is 187 cm³/mol. The maximum absolute atomic E-state index is 14.6. The highest BCUT2D eigenvalue weighted by atomic mass is 19.4. The second-order valence-electron chi connectivity index (χ2n) is 13.7. The van der Waals surface area contributed by atoms with Crippen molar-refractivity contribution in [3.05, 3.63) is 70.7 Å². The molecule has 0 radical (unpaired) electrons. The third-order valence-electron chi connectivity index (χ3n) is 10.1. The summed E-state index contributed by atoms with van der Waals surface area (Å²) in [6.45, 7) is 9.72. The van der Waals surface area contributed by atoms with Crippen LogP contribution in [0.15, 0.2) is 42.5 Å². The lowest BCUT2D eigenvalue weighted by Crippen LogP contribution is -2.67. The summed E-state index contributed by atoms with van der Waals surface area (Å²) in [5.41, 5.74) is -1.52. The Balaban J connectivity index is 1.73. The van der Waals surface area contributed by atoms with Gasteiger partial charge in [-0.25, -0.2) is 4.39 Å². The van der Waals surface area contributed by atoms with Gasteiger partial charge in [0.15, 0.2) is 0 Å². The minimum absolute atomic E-state index is 0.00677. The molecule has 0 saturated heterocycles. The van der Waals surface area contributed by atoms with Crippen LogP contribution in [0.4, 0.5) is 17.6 Å². The first kappa shape index (κ1) is 39.4. The molecule has 0 spiro atoms. The van der Waals surface area contributed by atoms with E-state index in [9.17, 15) is 36.7 Å². The molecule has 9 nitrogen and oxygen atoms in total. The molecule has 0 fully saturated rings. The van der Waals surface area contributed by atoms with Crippen molar-refractivity contribution in [1.82, 2.24) is 26.3 Å². The lowest BCUT2D eigenvalue weighted by Gasteiger charge is -2.39. The number of rotatable bonds is 15. The first-order valence-corrected chi connectivity index (χ1v) is 17.8. The number of nitrogens with one attached hydrogen (secondary N) is 5. The third kappa shape index (κ3) is 9.09. The van der Waals surface area contributed by atoms with Crippen molar-refractivity contribution >= 4 is 34.5 Å². The number of hydrogen-bond donors (Lipinski definition) is 5. The van der Waals surface area contributed by atoms with Gasteiger partial charge in [-0.2, -0.15) is 13.2 Å². The van der Waals surface area contributed by atoms with Gasteiger partial charge in [0, 0.05) is 24.0 Å². The lowest BCUT2D eigenvalue weighted by molar-refractivity contribution is -0.139. The molecular weight excluding hydrogens is 666 g/mol. The molecule has 1 aromatic heterocycles. The van der Waals surface area contributed by atoms with Gasteiger partial charge in [-0.1, -0.05) is 84.2 Å². The number of aromatic amines is 1. The number of unbranched alkanes of at least 4 members (excludes halogenated alkanes) is 1. The molecule has 5 N–H and O–H groups in total. The zero-order chi connectivity index (χ0) is 37.5. The molecule has 1 aliphatic carbocycles. The van der Waals surface area contributed by atoms with Crippen molar-refractivity contribution < 1.29 is 36.7 Å². The minimum atomic E-state index is -4.63. The van der Waals surface area contributed by atoms with Crippen LogP contribution in [0.2, 0.25) is 0 Å². The van der Waals surface area contributed by atoms with Gasteiger partial charge in [-0.3, -0.25) is 19.2 Å². The number of amides is 4. The molecule has 2 unspecified atom stereocenters. The van der Waals surface area contributed by atoms with Crippen LogP contribution in [0.1, 0.15) is 89.1 Å². The molecule has 13 heteroatoms. The van der Waals surface area contributed by atoms with Crippen LogP contribution >= 0.6 is 0 Å². The van der Waals surface area contributed by atoms with Crippen LogP contribution in [0.25, 0.3) is 10.9 Å². The summed E-state index contributed by atoms with van der Waals surface area (Å²) >= 11 is 0. The Morgan fingerprint density at radius 1 is 0.902 bits per heavy atom. The molecule has 0 aliphatic heterocycles. The van der Waals surface area contributed by atoms with E-state index >= 15 is 0 Å². The average Bonchev–Trinajstić information content (AvgIpc) is 3.47. The van der Waals surface area contributed by atoms with Crippen molar-refractivity contribution in [3.8, 4) is 0 Å². The van der Waals surface area contributed by atoms with Crippen LogP contribution in [0.3, 0.4) is 0 Å². The van der Waals surface area contributed by atoms with Gasteiger partial charge < -0.3 is 26.3 Å². The normalized spacial score (nSPS) is 18.2. The first-order chi connectivity index (χ1) is 24.1. The maximum Gasteiger partial charge on any atom is 0.418 e. The van der Waals surface area contributed by atoms with Crippen molar-refractivity contribution in [2.75, 3.05) is 6.54 Å². The molecule has 1 aliphatic rings. The SMILES string of the molecule is CCCCNC(=O)[C@@H](NC(=O)[C@@]1(NC(=O)[C@@H](NC(=O)Cc2ccccc2F)C(C)CC)CCc2[nH]c3c(C(F)(F)F)cccc3c2C1)C(C)CC. The minimum Gasteiger partial charge on any atom is -0.358 e. The van der Waals surface area contributed by atoms with Crippen molar-refractivity contribution in [3.63, 3.8) is 0 Å². The Bertz CT molecular complexity index is 1720. The molecule has 4 amide bonds. The van der Waals surface area contributed by atoms with E-state index in [4.69, 9.17) is 0 Å². The molecule has 2 aromatic carbocycles. The fourth-order valence-electron chi connectivity index (χ4n) is 6.60. The van der Waals surface area contributed by atoms with Gasteiger partial charge in [-0.05, 0) is 54.4 Å². The van der Waals surface area contributed by atoms with Crippen molar-refractivity contribution in [2.45, 2.75) is 110 Å². The van der Waals surface area contributed by atoms with E-state index in [2.05, 4.69) is 26.3 Å². The lowest BCUT2D eigenvalue weighted by atomic mass is 9.78. The zero-order valence-corrected chi connectivity index (χ0v) is 29.9. The van der Waals surface area contributed by atoms with E-state index in [1.807, 2.05) is 27.7 Å². The number of halogens is 4. The standard InChI is InChI=1S/C38H49F4N5O4/c1-6-9-19-43-34(49)31(22(4)7-2)46-36(51)37(18-17-29-26(21-37)25-14-12-15-27(33(25)44-29)38(40,41)42)47-35(50)32(23(5)8-3)45-30(48)20-24-13-10-11-16-28(24)39/h10-16,22-23,31-32,44H,6-9,17-21H2,1-5H3,(H,43,49)(H,45,48)(H,46,51)(H,47,50)/t22?,23?,31-,32-,37+/m0/s1. The van der Waals surface area contributed by atoms with Gasteiger partial charge in [0.25, 0.3) is 0 Å². The number of carbonyl (C=O) groups excluding carboxylic acids is 4. The van der Waals surface area contributed by atoms with Gasteiger partial charge in [0.2, 0.25) is 23.6 Å². The number of carbonyl (C=O) groups is 4. The number of benzene rings is 2. The van der Waals surface area contributed by atoms with E-state index in [-0.39, 0.29) is 54.0 Å². The summed E-state index contributed by atoms with van der Waals surface area (Å²) < 4.78 is 56.4.